The number of nitrogens with zero attached hydrogens (tertiary/aromatic N) is 4. The number of phenols is 1. The van der Waals surface area contributed by atoms with E-state index in [4.69, 9.17) is 0 Å². The molecule has 2 heterocycles. The van der Waals surface area contributed by atoms with Crippen LogP contribution in [0.1, 0.15) is 25.3 Å². The van der Waals surface area contributed by atoms with Crippen LogP contribution in [0, 0.1) is 6.92 Å². The molecule has 0 saturated carbocycles. The van der Waals surface area contributed by atoms with Crippen molar-refractivity contribution in [1.82, 2.24) is 20.7 Å². The summed E-state index contributed by atoms with van der Waals surface area (Å²) < 4.78 is 0. The lowest BCUT2D eigenvalue weighted by atomic mass is 10.2. The summed E-state index contributed by atoms with van der Waals surface area (Å²) in [4.78, 5) is 23.3. The minimum absolute atomic E-state index is 0.147. The molecule has 2 aliphatic heterocycles. The maximum atomic E-state index is 12.1. The van der Waals surface area contributed by atoms with E-state index in [2.05, 4.69) is 25.6 Å². The zero-order chi connectivity index (χ0) is 20.6. The highest BCUT2D eigenvalue weighted by Crippen LogP contribution is 2.24. The highest BCUT2D eigenvalue weighted by atomic mass is 16.3. The number of amidine groups is 1. The van der Waals surface area contributed by atoms with Crippen molar-refractivity contribution in [3.8, 4) is 5.75 Å². The Morgan fingerprint density at radius 1 is 1.38 bits per heavy atom. The van der Waals surface area contributed by atoms with Crippen molar-refractivity contribution in [1.29, 1.82) is 0 Å². The number of benzene rings is 1. The number of carbonyl (C=O) groups excluding carboxylic acids is 1. The van der Waals surface area contributed by atoms with Crippen molar-refractivity contribution in [3.05, 3.63) is 47.8 Å². The van der Waals surface area contributed by atoms with E-state index in [0.29, 0.717) is 23.8 Å². The Labute approximate surface area is 171 Å². The molecule has 1 fully saturated rings. The third-order valence-electron chi connectivity index (χ3n) is 4.87. The first-order valence-corrected chi connectivity index (χ1v) is 9.88. The zero-order valence-corrected chi connectivity index (χ0v) is 16.9. The lowest BCUT2D eigenvalue weighted by molar-refractivity contribution is -0.116. The molecule has 154 valence electrons. The van der Waals surface area contributed by atoms with Gasteiger partial charge in [-0.15, -0.1) is 0 Å². The van der Waals surface area contributed by atoms with Gasteiger partial charge in [0.2, 0.25) is 5.91 Å². The van der Waals surface area contributed by atoms with E-state index in [1.165, 1.54) is 25.3 Å². The molecule has 0 aliphatic carbocycles. The van der Waals surface area contributed by atoms with Gasteiger partial charge in [0.1, 0.15) is 17.8 Å². The average Bonchev–Trinajstić information content (AvgIpc) is 3.23. The molecule has 8 nitrogen and oxygen atoms in total. The van der Waals surface area contributed by atoms with Gasteiger partial charge < -0.3 is 15.3 Å². The second-order valence-corrected chi connectivity index (χ2v) is 6.99. The van der Waals surface area contributed by atoms with Gasteiger partial charge in [0.05, 0.1) is 5.69 Å². The van der Waals surface area contributed by atoms with Gasteiger partial charge in [-0.3, -0.25) is 15.2 Å². The molecule has 0 bridgehead atoms. The van der Waals surface area contributed by atoms with E-state index < -0.39 is 0 Å². The Balaban J connectivity index is 1.61. The number of amides is 1. The van der Waals surface area contributed by atoms with Crippen LogP contribution >= 0.6 is 0 Å². The number of nitrogens with one attached hydrogen (secondary N) is 2. The van der Waals surface area contributed by atoms with Crippen molar-refractivity contribution in [2.24, 2.45) is 9.98 Å². The quantitative estimate of drug-likeness (QED) is 0.641. The SMILES string of the molecule is C/C=C1/C(=Nc2ccc(C)c(O)c2)N=CNN1/C=C/C(=O)NCCN1CCCC1. The fourth-order valence-electron chi connectivity index (χ4n) is 3.21. The summed E-state index contributed by atoms with van der Waals surface area (Å²) in [5.41, 5.74) is 5.07. The van der Waals surface area contributed by atoms with Crippen LogP contribution in [-0.2, 0) is 4.79 Å². The Morgan fingerprint density at radius 2 is 2.17 bits per heavy atom. The van der Waals surface area contributed by atoms with Crippen LogP contribution in [-0.4, -0.2) is 59.3 Å². The molecular weight excluding hydrogens is 368 g/mol. The van der Waals surface area contributed by atoms with Crippen molar-refractivity contribution in [2.45, 2.75) is 26.7 Å². The van der Waals surface area contributed by atoms with E-state index in [9.17, 15) is 9.90 Å². The monoisotopic (exact) mass is 396 g/mol. The third kappa shape index (κ3) is 5.68. The van der Waals surface area contributed by atoms with Gasteiger partial charge in [-0.2, -0.15) is 0 Å². The van der Waals surface area contributed by atoms with E-state index in [1.807, 2.05) is 26.0 Å². The number of aliphatic imine (C=N–C) groups is 2. The number of allylic oxidation sites excluding steroid dienone is 1. The molecule has 0 unspecified atom stereocenters. The summed E-state index contributed by atoms with van der Waals surface area (Å²) in [6, 6.07) is 5.22. The summed E-state index contributed by atoms with van der Waals surface area (Å²) >= 11 is 0. The maximum absolute atomic E-state index is 12.1. The minimum Gasteiger partial charge on any atom is -0.508 e. The van der Waals surface area contributed by atoms with Crippen LogP contribution in [0.4, 0.5) is 5.69 Å². The molecule has 0 radical (unpaired) electrons. The van der Waals surface area contributed by atoms with Crippen LogP contribution in [0.3, 0.4) is 0 Å². The molecule has 0 atom stereocenters. The molecule has 3 N–H and O–H groups in total. The minimum atomic E-state index is -0.147. The predicted octanol–water partition coefficient (Wildman–Crippen LogP) is 2.21. The smallest absolute Gasteiger partial charge is 0.245 e. The van der Waals surface area contributed by atoms with Crippen molar-refractivity contribution in [2.75, 3.05) is 26.2 Å². The van der Waals surface area contributed by atoms with Gasteiger partial charge in [0.15, 0.2) is 5.84 Å². The fraction of sp³-hybridized carbons (Fsp3) is 0.381. The van der Waals surface area contributed by atoms with Crippen molar-refractivity contribution in [3.63, 3.8) is 0 Å². The molecule has 8 heteroatoms. The molecule has 1 aromatic carbocycles. The summed E-state index contributed by atoms with van der Waals surface area (Å²) in [6.45, 7) is 7.46. The lowest BCUT2D eigenvalue weighted by Gasteiger charge is -2.25. The number of aryl methyl sites for hydroxylation is 1. The largest absolute Gasteiger partial charge is 0.508 e. The number of aromatic hydroxyl groups is 1. The summed E-state index contributed by atoms with van der Waals surface area (Å²) in [5, 5.41) is 14.5. The van der Waals surface area contributed by atoms with Gasteiger partial charge in [0.25, 0.3) is 0 Å². The van der Waals surface area contributed by atoms with E-state index in [1.54, 1.807) is 23.3 Å². The van der Waals surface area contributed by atoms with Gasteiger partial charge in [-0.1, -0.05) is 12.1 Å². The highest BCUT2D eigenvalue weighted by molar-refractivity contribution is 6.05. The van der Waals surface area contributed by atoms with E-state index in [-0.39, 0.29) is 11.7 Å². The van der Waals surface area contributed by atoms with Crippen LogP contribution in [0.5, 0.6) is 5.75 Å². The van der Waals surface area contributed by atoms with Gasteiger partial charge >= 0.3 is 0 Å². The number of carbonyl (C=O) groups is 1. The highest BCUT2D eigenvalue weighted by Gasteiger charge is 2.16. The predicted molar refractivity (Wildman–Crippen MR) is 115 cm³/mol. The first-order valence-electron chi connectivity index (χ1n) is 9.88. The van der Waals surface area contributed by atoms with Gasteiger partial charge in [-0.05, 0) is 51.4 Å². The zero-order valence-electron chi connectivity index (χ0n) is 16.9. The number of hydrogen-bond donors (Lipinski definition) is 3. The topological polar surface area (TPSA) is 92.6 Å². The number of hydrogen-bond acceptors (Lipinski definition) is 6. The third-order valence-corrected chi connectivity index (χ3v) is 4.87. The van der Waals surface area contributed by atoms with Crippen molar-refractivity contribution < 1.29 is 9.90 Å². The van der Waals surface area contributed by atoms with Crippen molar-refractivity contribution >= 4 is 23.8 Å². The first kappa shape index (κ1) is 20.6. The molecule has 29 heavy (non-hydrogen) atoms. The second kappa shape index (κ2) is 9.88. The van der Waals surface area contributed by atoms with E-state index >= 15 is 0 Å². The fourth-order valence-corrected chi connectivity index (χ4v) is 3.21. The molecule has 2 aliphatic rings. The molecule has 1 saturated heterocycles. The number of likely N-dealkylation sites (tertiary alicyclic amines) is 1. The Morgan fingerprint density at radius 3 is 2.90 bits per heavy atom. The normalized spacial score (nSPS) is 20.0. The number of phenolic OH excluding ortho intramolecular Hbond substituents is 1. The first-order chi connectivity index (χ1) is 14.1. The van der Waals surface area contributed by atoms with Crippen LogP contribution in [0.15, 0.2) is 52.2 Å². The van der Waals surface area contributed by atoms with Gasteiger partial charge in [0, 0.05) is 31.4 Å². The molecule has 1 amide bonds. The summed E-state index contributed by atoms with van der Waals surface area (Å²) in [6.07, 6.45) is 8.98. The standard InChI is InChI=1S/C21H28N6O2/c1-3-18-21(25-17-7-6-16(2)19(28)14-17)23-15-24-27(18)12-8-20(29)22-9-13-26-10-4-5-11-26/h3,6-8,12,14-15,28H,4-5,9-11,13H2,1-2H3,(H,22,29)(H,23,24,25)/b12-8+,18-3-. The molecule has 1 aromatic rings. The Hall–Kier alpha value is -3.13. The van der Waals surface area contributed by atoms with Crippen LogP contribution < -0.4 is 10.7 Å². The van der Waals surface area contributed by atoms with Crippen LogP contribution in [0.2, 0.25) is 0 Å². The lowest BCUT2D eigenvalue weighted by Crippen LogP contribution is -2.39. The molecule has 0 spiro atoms. The molecular formula is C21H28N6O2. The number of rotatable bonds is 6. The maximum Gasteiger partial charge on any atom is 0.245 e. The molecule has 3 rings (SSSR count). The molecule has 0 aromatic heterocycles. The number of hydrazine groups is 1. The van der Waals surface area contributed by atoms with E-state index in [0.717, 1.165) is 25.2 Å². The Bertz CT molecular complexity index is 853. The van der Waals surface area contributed by atoms with Gasteiger partial charge in [-0.25, -0.2) is 9.98 Å². The summed E-state index contributed by atoms with van der Waals surface area (Å²) in [5.74, 6) is 0.522. The summed E-state index contributed by atoms with van der Waals surface area (Å²) in [7, 11) is 0. The van der Waals surface area contributed by atoms with Crippen LogP contribution in [0.25, 0.3) is 0 Å². The Kier molecular flexibility index (Phi) is 7.02. The average molecular weight is 396 g/mol. The second-order valence-electron chi connectivity index (χ2n) is 6.99.